The number of benzene rings is 4. The monoisotopic (exact) mass is 1110 g/mol. The van der Waals surface area contributed by atoms with E-state index < -0.39 is 0 Å². The van der Waals surface area contributed by atoms with E-state index in [9.17, 15) is 28.8 Å². The van der Waals surface area contributed by atoms with Crippen molar-refractivity contribution in [2.75, 3.05) is 21.3 Å². The maximum Gasteiger partial charge on any atom is 3.00 e. The molecule has 0 atom stereocenters. The number of hydrogen-bond acceptors (Lipinski definition) is 14. The van der Waals surface area contributed by atoms with Gasteiger partial charge in [-0.15, -0.1) is 34.0 Å². The number of fused-ring (bicyclic) bond motifs is 3. The van der Waals surface area contributed by atoms with Crippen LogP contribution in [0.15, 0.2) is 174 Å². The zero-order valence-corrected chi connectivity index (χ0v) is 42.4. The average molecular weight is 1110 g/mol. The zero-order valence-electron chi connectivity index (χ0n) is 37.5. The summed E-state index contributed by atoms with van der Waals surface area (Å²) in [5.41, 5.74) is 3.54. The van der Waals surface area contributed by atoms with Crippen molar-refractivity contribution in [3.8, 4) is 17.2 Å². The Morgan fingerprint density at radius 2 is 0.667 bits per heavy atom. The molecule has 9 aromatic rings. The number of carbonyl (C=O) groups excluding carboxylic acids is 6. The van der Waals surface area contributed by atoms with Crippen LogP contribution in [0.1, 0.15) is 79.4 Å². The van der Waals surface area contributed by atoms with E-state index >= 15 is 0 Å². The fourth-order valence-corrected chi connectivity index (χ4v) is 8.32. The molecule has 0 saturated carbocycles. The topological polar surface area (TPSA) is 156 Å². The van der Waals surface area contributed by atoms with Gasteiger partial charge < -0.3 is 14.2 Å². The summed E-state index contributed by atoms with van der Waals surface area (Å²) >= 11 is 4.06. The van der Waals surface area contributed by atoms with Crippen molar-refractivity contribution in [2.45, 2.75) is 19.3 Å². The van der Waals surface area contributed by atoms with Gasteiger partial charge in [0.2, 0.25) is 0 Å². The van der Waals surface area contributed by atoms with Crippen molar-refractivity contribution in [1.29, 1.82) is 0 Å². The van der Waals surface area contributed by atoms with Gasteiger partial charge in [0.25, 0.3) is 0 Å². The van der Waals surface area contributed by atoms with Crippen LogP contribution in [-0.2, 0) is 0 Å². The van der Waals surface area contributed by atoms with Crippen molar-refractivity contribution < 1.29 is 92.4 Å². The van der Waals surface area contributed by atoms with E-state index in [1.165, 1.54) is 34.0 Å². The molecule has 0 N–H and O–H groups in total. The second-order valence-electron chi connectivity index (χ2n) is 14.4. The number of hydrogen-bond donors (Lipinski definition) is 0. The van der Waals surface area contributed by atoms with E-state index in [-0.39, 0.29) is 103 Å². The summed E-state index contributed by atoms with van der Waals surface area (Å²) in [6.45, 7) is 0. The Hall–Kier alpha value is -6.20. The maximum absolute atomic E-state index is 11.9. The second kappa shape index (κ2) is 27.7. The van der Waals surface area contributed by atoms with Gasteiger partial charge in [-0.2, -0.15) is 0 Å². The smallest absolute Gasteiger partial charge is 0.497 e. The third-order valence-electron chi connectivity index (χ3n) is 9.93. The fourth-order valence-electron chi connectivity index (χ4n) is 6.33. The minimum Gasteiger partial charge on any atom is -0.497 e. The first-order valence-corrected chi connectivity index (χ1v) is 23.5. The number of Topliss-reactive ketones (excluding diaryl/α,β-unsaturated/α-hetero) is 6. The number of thiophene rings is 3. The van der Waals surface area contributed by atoms with E-state index in [1.807, 2.05) is 28.3 Å². The van der Waals surface area contributed by atoms with Crippen molar-refractivity contribution in [2.24, 2.45) is 0 Å². The molecule has 4 aromatic carbocycles. The summed E-state index contributed by atoms with van der Waals surface area (Å²) < 4.78 is 15.0. The van der Waals surface area contributed by atoms with Crippen LogP contribution < -0.4 is 14.2 Å². The first kappa shape index (κ1) is 53.8. The number of ketones is 6. The van der Waals surface area contributed by atoms with Crippen LogP contribution >= 0.6 is 34.0 Å². The fraction of sp³-hybridized carbons (Fsp3) is 0.111. The number of carbonyl (C=O) groups is 6. The molecule has 0 radical (unpaired) electrons. The Bertz CT molecular complexity index is 2780. The average Bonchev–Trinajstić information content (AvgIpc) is 4.23. The molecule has 0 aliphatic carbocycles. The summed E-state index contributed by atoms with van der Waals surface area (Å²) in [5.74, 6) is 1.16. The molecule has 0 amide bonds. The largest absolute Gasteiger partial charge is 3.00 e. The number of methoxy groups -OCH3 is 3. The molecule has 346 valence electrons. The molecule has 0 saturated heterocycles. The molecule has 69 heavy (non-hydrogen) atoms. The summed E-state index contributed by atoms with van der Waals surface area (Å²) in [6.07, 6.45) is 3.33. The first-order valence-electron chi connectivity index (χ1n) is 20.9. The van der Waals surface area contributed by atoms with Crippen molar-refractivity contribution >= 4 is 90.5 Å². The molecule has 15 heteroatoms. The van der Waals surface area contributed by atoms with Crippen LogP contribution in [0, 0.1) is 49.4 Å². The Kier molecular flexibility index (Phi) is 21.6. The molecule has 0 spiro atoms. The van der Waals surface area contributed by atoms with E-state index in [2.05, 4.69) is 34.2 Å². The van der Waals surface area contributed by atoms with E-state index in [0.29, 0.717) is 48.6 Å². The summed E-state index contributed by atoms with van der Waals surface area (Å²) in [6, 6.07) is 43.0. The standard InChI is InChI=1S/3C14H12O3S.C12H8N2.Eu/c3*1-17-11-6-4-10(5-7-11)12(15)9-13(16)14-3-2-8-18-14;1-3-9-5-6-10-4-2-8-14-12(10)11(9)13-7-1;/h3*2-8H,9H2,1H3;1-8H;/q;;;;+3. The minimum absolute atomic E-state index is 0. The molecule has 0 bridgehead atoms. The Morgan fingerprint density at radius 1 is 0.377 bits per heavy atom. The Balaban J connectivity index is 0.000000171. The van der Waals surface area contributed by atoms with Crippen LogP contribution in [0.5, 0.6) is 17.2 Å². The number of ether oxygens (including phenoxy) is 3. The SMILES string of the molecule is COc1ccc(C(=O)CC(=O)c2cccs2)cc1.COc1ccc(C(=O)CC(=O)c2cccs2)cc1.COc1ccc(C(=O)CC(=O)c2cccs2)cc1.[Eu+3].c1cnc2c(c1)ccc1cccnc12. The van der Waals surface area contributed by atoms with Gasteiger partial charge in [-0.1, -0.05) is 42.5 Å². The molecule has 0 fully saturated rings. The van der Waals surface area contributed by atoms with E-state index in [1.54, 1.807) is 143 Å². The van der Waals surface area contributed by atoms with Crippen LogP contribution in [0.3, 0.4) is 0 Å². The number of aromatic nitrogens is 2. The molecular formula is C54H44EuN2O9S3+3. The van der Waals surface area contributed by atoms with Gasteiger partial charge in [0.1, 0.15) is 17.2 Å². The molecule has 5 heterocycles. The first-order chi connectivity index (χ1) is 33.1. The summed E-state index contributed by atoms with van der Waals surface area (Å²) in [4.78, 5) is 81.6. The van der Waals surface area contributed by atoms with Crippen LogP contribution in [-0.4, -0.2) is 66.0 Å². The Morgan fingerprint density at radius 3 is 0.913 bits per heavy atom. The minimum atomic E-state index is -0.170. The zero-order chi connectivity index (χ0) is 48.3. The van der Waals surface area contributed by atoms with Crippen molar-refractivity contribution in [3.05, 3.63) is 205 Å². The van der Waals surface area contributed by atoms with E-state index in [0.717, 1.165) is 21.8 Å². The van der Waals surface area contributed by atoms with Gasteiger partial charge >= 0.3 is 49.4 Å². The molecule has 9 rings (SSSR count). The van der Waals surface area contributed by atoms with Gasteiger partial charge in [-0.25, -0.2) is 0 Å². The second-order valence-corrected chi connectivity index (χ2v) is 17.2. The molecular weight excluding hydrogens is 1070 g/mol. The van der Waals surface area contributed by atoms with Crippen molar-refractivity contribution in [3.63, 3.8) is 0 Å². The van der Waals surface area contributed by atoms with Crippen LogP contribution in [0.2, 0.25) is 0 Å². The van der Waals surface area contributed by atoms with Gasteiger partial charge in [-0.05, 0) is 119 Å². The molecule has 11 nitrogen and oxygen atoms in total. The molecule has 0 unspecified atom stereocenters. The maximum atomic E-state index is 11.9. The van der Waals surface area contributed by atoms with Crippen LogP contribution in [0.4, 0.5) is 0 Å². The van der Waals surface area contributed by atoms with Crippen LogP contribution in [0.25, 0.3) is 21.8 Å². The van der Waals surface area contributed by atoms with Gasteiger partial charge in [-0.3, -0.25) is 38.7 Å². The number of pyridine rings is 2. The van der Waals surface area contributed by atoms with Crippen molar-refractivity contribution in [1.82, 2.24) is 9.97 Å². The predicted molar refractivity (Wildman–Crippen MR) is 269 cm³/mol. The summed E-state index contributed by atoms with van der Waals surface area (Å²) in [5, 5.41) is 7.75. The molecule has 0 aliphatic rings. The molecule has 0 aliphatic heterocycles. The van der Waals surface area contributed by atoms with Gasteiger partial charge in [0.15, 0.2) is 34.7 Å². The quantitative estimate of drug-likeness (QED) is 0.0547. The number of rotatable bonds is 15. The number of nitrogens with zero attached hydrogens (tertiary/aromatic N) is 2. The van der Waals surface area contributed by atoms with Gasteiger partial charge in [0, 0.05) is 39.9 Å². The third-order valence-corrected chi connectivity index (χ3v) is 12.7. The Labute approximate surface area is 451 Å². The molecule has 5 aromatic heterocycles. The third kappa shape index (κ3) is 15.9. The predicted octanol–water partition coefficient (Wildman–Crippen LogP) is 12.4. The van der Waals surface area contributed by atoms with E-state index in [4.69, 9.17) is 14.2 Å². The normalized spacial score (nSPS) is 10.1. The van der Waals surface area contributed by atoms with Gasteiger partial charge in [0.05, 0.1) is 66.3 Å². The summed E-state index contributed by atoms with van der Waals surface area (Å²) in [7, 11) is 4.70.